The van der Waals surface area contributed by atoms with Crippen molar-refractivity contribution in [1.29, 1.82) is 5.26 Å². The number of aromatic nitrogens is 1. The second kappa shape index (κ2) is 3.87. The minimum atomic E-state index is 0.401. The van der Waals surface area contributed by atoms with Crippen LogP contribution in [0, 0.1) is 11.3 Å². The van der Waals surface area contributed by atoms with E-state index in [1.807, 2.05) is 18.2 Å². The van der Waals surface area contributed by atoms with Crippen LogP contribution < -0.4 is 4.74 Å². The maximum Gasteiger partial charge on any atom is 0.149 e. The summed E-state index contributed by atoms with van der Waals surface area (Å²) in [4.78, 5) is 4.01. The Morgan fingerprint density at radius 3 is 2.87 bits per heavy atom. The maximum absolute atomic E-state index is 8.95. The number of halogens is 1. The van der Waals surface area contributed by atoms with E-state index in [1.165, 1.54) is 0 Å². The van der Waals surface area contributed by atoms with Crippen LogP contribution in [-0.2, 0) is 0 Å². The number of nitrogens with zero attached hydrogens (tertiary/aromatic N) is 2. The van der Waals surface area contributed by atoms with Gasteiger partial charge >= 0.3 is 0 Å². The molecular formula is C11H7BrN2O. The Bertz CT molecular complexity index is 560. The molecule has 0 saturated carbocycles. The zero-order valence-electron chi connectivity index (χ0n) is 7.99. The van der Waals surface area contributed by atoms with Crippen molar-refractivity contribution in [1.82, 2.24) is 4.98 Å². The third kappa shape index (κ3) is 1.55. The van der Waals surface area contributed by atoms with E-state index in [4.69, 9.17) is 10.00 Å². The smallest absolute Gasteiger partial charge is 0.149 e. The van der Waals surface area contributed by atoms with Gasteiger partial charge in [0.1, 0.15) is 17.5 Å². The van der Waals surface area contributed by atoms with Crippen molar-refractivity contribution < 1.29 is 4.74 Å². The standard InChI is InChI=1S/C11H7BrN2O/c1-15-9-3-2-7-4-5-14-8(6-13)10(7)11(9)12/h2-5H,1H3. The second-order valence-corrected chi connectivity index (χ2v) is 3.74. The predicted octanol–water partition coefficient (Wildman–Crippen LogP) is 2.88. The maximum atomic E-state index is 8.95. The van der Waals surface area contributed by atoms with Gasteiger partial charge in [0.05, 0.1) is 11.6 Å². The fourth-order valence-corrected chi connectivity index (χ4v) is 2.16. The van der Waals surface area contributed by atoms with Crippen LogP contribution in [0.4, 0.5) is 0 Å². The molecule has 0 fully saturated rings. The van der Waals surface area contributed by atoms with Crippen LogP contribution in [0.15, 0.2) is 28.9 Å². The van der Waals surface area contributed by atoms with E-state index in [0.29, 0.717) is 11.4 Å². The van der Waals surface area contributed by atoms with Crippen LogP contribution in [0.3, 0.4) is 0 Å². The molecular weight excluding hydrogens is 256 g/mol. The molecule has 0 spiro atoms. The number of fused-ring (bicyclic) bond motifs is 1. The normalized spacial score (nSPS) is 9.93. The fraction of sp³-hybridized carbons (Fsp3) is 0.0909. The van der Waals surface area contributed by atoms with E-state index in [-0.39, 0.29) is 0 Å². The summed E-state index contributed by atoms with van der Waals surface area (Å²) in [5.41, 5.74) is 0.401. The molecule has 0 saturated heterocycles. The summed E-state index contributed by atoms with van der Waals surface area (Å²) in [6.07, 6.45) is 1.62. The molecule has 0 bridgehead atoms. The van der Waals surface area contributed by atoms with Crippen molar-refractivity contribution in [2.45, 2.75) is 0 Å². The zero-order valence-corrected chi connectivity index (χ0v) is 9.58. The van der Waals surface area contributed by atoms with Gasteiger partial charge in [-0.05, 0) is 33.4 Å². The Balaban J connectivity index is 2.90. The fourth-order valence-electron chi connectivity index (χ4n) is 1.45. The molecule has 1 aromatic carbocycles. The lowest BCUT2D eigenvalue weighted by atomic mass is 10.1. The summed E-state index contributed by atoms with van der Waals surface area (Å²) in [5.74, 6) is 0.701. The number of methoxy groups -OCH3 is 1. The summed E-state index contributed by atoms with van der Waals surface area (Å²) in [6.45, 7) is 0. The highest BCUT2D eigenvalue weighted by Gasteiger charge is 2.09. The molecule has 0 unspecified atom stereocenters. The van der Waals surface area contributed by atoms with Crippen molar-refractivity contribution >= 4 is 26.7 Å². The summed E-state index contributed by atoms with van der Waals surface area (Å²) < 4.78 is 5.94. The van der Waals surface area contributed by atoms with E-state index in [1.54, 1.807) is 13.3 Å². The molecule has 0 radical (unpaired) electrons. The monoisotopic (exact) mass is 262 g/mol. The molecule has 0 aliphatic carbocycles. The van der Waals surface area contributed by atoms with Gasteiger partial charge in [-0.2, -0.15) is 5.26 Å². The van der Waals surface area contributed by atoms with Gasteiger partial charge in [-0.1, -0.05) is 6.07 Å². The third-order valence-corrected chi connectivity index (χ3v) is 2.95. The lowest BCUT2D eigenvalue weighted by molar-refractivity contribution is 0.413. The molecule has 0 N–H and O–H groups in total. The molecule has 0 amide bonds. The number of hydrogen-bond acceptors (Lipinski definition) is 3. The summed E-state index contributed by atoms with van der Waals surface area (Å²) in [5, 5.41) is 10.7. The molecule has 4 heteroatoms. The lowest BCUT2D eigenvalue weighted by Gasteiger charge is -2.06. The predicted molar refractivity (Wildman–Crippen MR) is 60.7 cm³/mol. The van der Waals surface area contributed by atoms with Crippen molar-refractivity contribution in [3.05, 3.63) is 34.6 Å². The van der Waals surface area contributed by atoms with Gasteiger partial charge in [-0.3, -0.25) is 0 Å². The molecule has 1 heterocycles. The van der Waals surface area contributed by atoms with E-state index >= 15 is 0 Å². The molecule has 2 rings (SSSR count). The van der Waals surface area contributed by atoms with Crippen LogP contribution in [0.5, 0.6) is 5.75 Å². The number of hydrogen-bond donors (Lipinski definition) is 0. The Morgan fingerprint density at radius 2 is 2.20 bits per heavy atom. The van der Waals surface area contributed by atoms with Crippen LogP contribution in [0.2, 0.25) is 0 Å². The SMILES string of the molecule is COc1ccc2ccnc(C#N)c2c1Br. The van der Waals surface area contributed by atoms with Crippen molar-refractivity contribution in [2.24, 2.45) is 0 Å². The average molecular weight is 263 g/mol. The van der Waals surface area contributed by atoms with Gasteiger partial charge in [-0.25, -0.2) is 4.98 Å². The highest BCUT2D eigenvalue weighted by Crippen LogP contribution is 2.33. The van der Waals surface area contributed by atoms with E-state index in [0.717, 1.165) is 15.2 Å². The van der Waals surface area contributed by atoms with Gasteiger partial charge in [0.15, 0.2) is 0 Å². The number of ether oxygens (including phenoxy) is 1. The lowest BCUT2D eigenvalue weighted by Crippen LogP contribution is -1.89. The first kappa shape index (κ1) is 9.94. The van der Waals surface area contributed by atoms with E-state index < -0.39 is 0 Å². The number of pyridine rings is 1. The first-order valence-corrected chi connectivity index (χ1v) is 5.08. The minimum absolute atomic E-state index is 0.401. The van der Waals surface area contributed by atoms with E-state index in [9.17, 15) is 0 Å². The average Bonchev–Trinajstić information content (AvgIpc) is 2.29. The van der Waals surface area contributed by atoms with Crippen molar-refractivity contribution in [3.63, 3.8) is 0 Å². The molecule has 2 aromatic rings. The van der Waals surface area contributed by atoms with Crippen LogP contribution in [-0.4, -0.2) is 12.1 Å². The topological polar surface area (TPSA) is 45.9 Å². The van der Waals surface area contributed by atoms with E-state index in [2.05, 4.69) is 27.0 Å². The van der Waals surface area contributed by atoms with Crippen LogP contribution >= 0.6 is 15.9 Å². The largest absolute Gasteiger partial charge is 0.496 e. The number of rotatable bonds is 1. The van der Waals surface area contributed by atoms with Gasteiger partial charge in [0, 0.05) is 11.6 Å². The summed E-state index contributed by atoms with van der Waals surface area (Å²) in [7, 11) is 1.59. The molecule has 0 aliphatic rings. The number of benzene rings is 1. The Hall–Kier alpha value is -1.60. The summed E-state index contributed by atoms with van der Waals surface area (Å²) >= 11 is 3.42. The summed E-state index contributed by atoms with van der Waals surface area (Å²) in [6, 6.07) is 7.69. The first-order chi connectivity index (χ1) is 7.27. The highest BCUT2D eigenvalue weighted by atomic mass is 79.9. The number of nitriles is 1. The first-order valence-electron chi connectivity index (χ1n) is 4.29. The second-order valence-electron chi connectivity index (χ2n) is 2.95. The quantitative estimate of drug-likeness (QED) is 0.794. The molecule has 74 valence electrons. The molecule has 0 aliphatic heterocycles. The molecule has 3 nitrogen and oxygen atoms in total. The Labute approximate surface area is 95.4 Å². The van der Waals surface area contributed by atoms with Gasteiger partial charge in [0.2, 0.25) is 0 Å². The Kier molecular flexibility index (Phi) is 2.57. The Morgan fingerprint density at radius 1 is 1.40 bits per heavy atom. The van der Waals surface area contributed by atoms with Crippen LogP contribution in [0.1, 0.15) is 5.69 Å². The van der Waals surface area contributed by atoms with Crippen LogP contribution in [0.25, 0.3) is 10.8 Å². The van der Waals surface area contributed by atoms with Gasteiger partial charge < -0.3 is 4.74 Å². The van der Waals surface area contributed by atoms with Crippen molar-refractivity contribution in [3.8, 4) is 11.8 Å². The third-order valence-electron chi connectivity index (χ3n) is 2.16. The minimum Gasteiger partial charge on any atom is -0.496 e. The molecule has 1 aromatic heterocycles. The molecule has 0 atom stereocenters. The zero-order chi connectivity index (χ0) is 10.8. The molecule has 15 heavy (non-hydrogen) atoms. The van der Waals surface area contributed by atoms with Gasteiger partial charge in [0.25, 0.3) is 0 Å². The van der Waals surface area contributed by atoms with Gasteiger partial charge in [-0.15, -0.1) is 0 Å². The van der Waals surface area contributed by atoms with Crippen molar-refractivity contribution in [2.75, 3.05) is 7.11 Å². The highest BCUT2D eigenvalue weighted by molar-refractivity contribution is 9.10.